The fourth-order valence-electron chi connectivity index (χ4n) is 3.48. The topological polar surface area (TPSA) is 103 Å². The number of benzene rings is 3. The highest BCUT2D eigenvalue weighted by Gasteiger charge is 2.44. The van der Waals surface area contributed by atoms with Crippen LogP contribution in [0.15, 0.2) is 72.8 Å². The van der Waals surface area contributed by atoms with Crippen LogP contribution in [-0.4, -0.2) is 23.4 Å². The molecule has 1 saturated carbocycles. The highest BCUT2D eigenvalue weighted by molar-refractivity contribution is 5.99. The van der Waals surface area contributed by atoms with Gasteiger partial charge in [0.15, 0.2) is 0 Å². The Bertz CT molecular complexity index is 1150. The van der Waals surface area contributed by atoms with Gasteiger partial charge in [-0.2, -0.15) is 5.26 Å². The first-order valence-corrected chi connectivity index (χ1v) is 10.3. The molecule has 3 aromatic carbocycles. The third-order valence-electron chi connectivity index (χ3n) is 5.49. The van der Waals surface area contributed by atoms with E-state index in [0.717, 1.165) is 22.4 Å². The standard InChI is InChI=1S/C26H22N2O4/c27-14-17-1-5-20(6-2-17)25(28)16-32-21-9-3-18(4-10-21)15-31-22-11-7-19(8-12-22)23-13-24(23)26(29)30/h1-12,23-24,28H,13,15-16H2,(H,29,30). The minimum absolute atomic E-state index is 0.118. The molecule has 0 amide bonds. The van der Waals surface area contributed by atoms with Crippen LogP contribution in [0.2, 0.25) is 0 Å². The number of aliphatic carboxylic acids is 1. The van der Waals surface area contributed by atoms with Crippen molar-refractivity contribution in [3.63, 3.8) is 0 Å². The Morgan fingerprint density at radius 1 is 0.969 bits per heavy atom. The molecule has 6 nitrogen and oxygen atoms in total. The summed E-state index contributed by atoms with van der Waals surface area (Å²) in [5.74, 6) is 0.531. The van der Waals surface area contributed by atoms with Gasteiger partial charge < -0.3 is 20.0 Å². The number of hydrogen-bond donors (Lipinski definition) is 2. The Labute approximate surface area is 186 Å². The van der Waals surface area contributed by atoms with Gasteiger partial charge in [0, 0.05) is 0 Å². The molecule has 0 spiro atoms. The SMILES string of the molecule is N#Cc1ccc(C(=N)COc2ccc(COc3ccc(C4CC4C(=O)O)cc3)cc2)cc1. The molecule has 1 aliphatic rings. The van der Waals surface area contributed by atoms with Gasteiger partial charge in [0.25, 0.3) is 0 Å². The van der Waals surface area contributed by atoms with Crippen molar-refractivity contribution in [2.45, 2.75) is 18.9 Å². The fourth-order valence-corrected chi connectivity index (χ4v) is 3.48. The van der Waals surface area contributed by atoms with Crippen molar-refractivity contribution in [3.8, 4) is 17.6 Å². The van der Waals surface area contributed by atoms with Crippen LogP contribution >= 0.6 is 0 Å². The number of carbonyl (C=O) groups is 1. The summed E-state index contributed by atoms with van der Waals surface area (Å²) < 4.78 is 11.5. The molecule has 0 aliphatic heterocycles. The zero-order chi connectivity index (χ0) is 22.5. The molecular formula is C26H22N2O4. The van der Waals surface area contributed by atoms with E-state index in [9.17, 15) is 4.79 Å². The van der Waals surface area contributed by atoms with Crippen LogP contribution in [0.5, 0.6) is 11.5 Å². The minimum atomic E-state index is -0.728. The summed E-state index contributed by atoms with van der Waals surface area (Å²) in [6, 6.07) is 24.0. The number of rotatable bonds is 9. The zero-order valence-corrected chi connectivity index (χ0v) is 17.3. The molecule has 0 radical (unpaired) electrons. The van der Waals surface area contributed by atoms with Crippen molar-refractivity contribution in [2.24, 2.45) is 5.92 Å². The first-order valence-electron chi connectivity index (χ1n) is 10.3. The van der Waals surface area contributed by atoms with E-state index in [1.807, 2.05) is 48.5 Å². The number of carboxylic acid groups (broad SMARTS) is 1. The van der Waals surface area contributed by atoms with Gasteiger partial charge in [-0.1, -0.05) is 36.4 Å². The second-order valence-electron chi connectivity index (χ2n) is 7.74. The molecule has 1 fully saturated rings. The third-order valence-corrected chi connectivity index (χ3v) is 5.49. The number of hydrogen-bond acceptors (Lipinski definition) is 5. The monoisotopic (exact) mass is 426 g/mol. The van der Waals surface area contributed by atoms with Crippen molar-refractivity contribution in [1.29, 1.82) is 10.7 Å². The second-order valence-corrected chi connectivity index (χ2v) is 7.74. The van der Waals surface area contributed by atoms with Crippen LogP contribution in [0.3, 0.4) is 0 Å². The number of nitriles is 1. The summed E-state index contributed by atoms with van der Waals surface area (Å²) in [4.78, 5) is 11.0. The Kier molecular flexibility index (Phi) is 6.18. The summed E-state index contributed by atoms with van der Waals surface area (Å²) in [5.41, 5.74) is 3.65. The maximum Gasteiger partial charge on any atom is 0.307 e. The molecule has 0 aromatic heterocycles. The fraction of sp³-hybridized carbons (Fsp3) is 0.192. The molecular weight excluding hydrogens is 404 g/mol. The van der Waals surface area contributed by atoms with Crippen molar-refractivity contribution >= 4 is 11.7 Å². The Balaban J connectivity index is 1.24. The second kappa shape index (κ2) is 9.36. The van der Waals surface area contributed by atoms with Gasteiger partial charge in [0.05, 0.1) is 23.3 Å². The van der Waals surface area contributed by atoms with Crippen LogP contribution in [-0.2, 0) is 11.4 Å². The van der Waals surface area contributed by atoms with Gasteiger partial charge in [0.2, 0.25) is 0 Å². The maximum absolute atomic E-state index is 11.0. The first-order chi connectivity index (χ1) is 15.5. The lowest BCUT2D eigenvalue weighted by Gasteiger charge is -2.10. The predicted molar refractivity (Wildman–Crippen MR) is 119 cm³/mol. The molecule has 160 valence electrons. The summed E-state index contributed by atoms with van der Waals surface area (Å²) in [7, 11) is 0. The van der Waals surface area contributed by atoms with E-state index in [4.69, 9.17) is 25.3 Å². The lowest BCUT2D eigenvalue weighted by Crippen LogP contribution is -2.11. The van der Waals surface area contributed by atoms with E-state index in [1.165, 1.54) is 0 Å². The Morgan fingerprint density at radius 3 is 2.19 bits per heavy atom. The van der Waals surface area contributed by atoms with Crippen molar-refractivity contribution in [2.75, 3.05) is 6.61 Å². The van der Waals surface area contributed by atoms with Gasteiger partial charge in [-0.05, 0) is 65.4 Å². The normalized spacial score (nSPS) is 16.6. The van der Waals surface area contributed by atoms with Crippen LogP contribution in [0.25, 0.3) is 0 Å². The molecule has 1 aliphatic carbocycles. The Hall–Kier alpha value is -4.11. The van der Waals surface area contributed by atoms with Gasteiger partial charge in [0.1, 0.15) is 24.7 Å². The highest BCUT2D eigenvalue weighted by Crippen LogP contribution is 2.47. The molecule has 0 saturated heterocycles. The predicted octanol–water partition coefficient (Wildman–Crippen LogP) is 4.77. The molecule has 2 unspecified atom stereocenters. The van der Waals surface area contributed by atoms with Gasteiger partial charge in [-0.3, -0.25) is 4.79 Å². The quantitative estimate of drug-likeness (QED) is 0.480. The van der Waals surface area contributed by atoms with E-state index in [1.54, 1.807) is 24.3 Å². The number of ether oxygens (including phenoxy) is 2. The maximum atomic E-state index is 11.0. The van der Waals surface area contributed by atoms with E-state index < -0.39 is 5.97 Å². The van der Waals surface area contributed by atoms with E-state index in [0.29, 0.717) is 30.1 Å². The zero-order valence-electron chi connectivity index (χ0n) is 17.3. The molecule has 0 bridgehead atoms. The average Bonchev–Trinajstić information content (AvgIpc) is 3.64. The van der Waals surface area contributed by atoms with Gasteiger partial charge in [-0.25, -0.2) is 0 Å². The van der Waals surface area contributed by atoms with Crippen LogP contribution in [0.1, 0.15) is 34.6 Å². The van der Waals surface area contributed by atoms with E-state index >= 15 is 0 Å². The smallest absolute Gasteiger partial charge is 0.307 e. The average molecular weight is 426 g/mol. The highest BCUT2D eigenvalue weighted by atomic mass is 16.5. The largest absolute Gasteiger partial charge is 0.489 e. The lowest BCUT2D eigenvalue weighted by molar-refractivity contribution is -0.138. The lowest BCUT2D eigenvalue weighted by atomic mass is 10.1. The summed E-state index contributed by atoms with van der Waals surface area (Å²) >= 11 is 0. The number of carboxylic acids is 1. The minimum Gasteiger partial charge on any atom is -0.489 e. The third kappa shape index (κ3) is 5.13. The van der Waals surface area contributed by atoms with Crippen LogP contribution < -0.4 is 9.47 Å². The molecule has 4 rings (SSSR count). The van der Waals surface area contributed by atoms with Crippen LogP contribution in [0, 0.1) is 22.7 Å². The molecule has 32 heavy (non-hydrogen) atoms. The number of nitrogens with zero attached hydrogens (tertiary/aromatic N) is 1. The Morgan fingerprint density at radius 2 is 1.59 bits per heavy atom. The summed E-state index contributed by atoms with van der Waals surface area (Å²) in [6.45, 7) is 0.541. The van der Waals surface area contributed by atoms with Crippen molar-refractivity contribution < 1.29 is 19.4 Å². The van der Waals surface area contributed by atoms with Gasteiger partial charge >= 0.3 is 5.97 Å². The van der Waals surface area contributed by atoms with Gasteiger partial charge in [-0.15, -0.1) is 0 Å². The van der Waals surface area contributed by atoms with Crippen molar-refractivity contribution in [1.82, 2.24) is 0 Å². The number of nitrogens with one attached hydrogen (secondary N) is 1. The van der Waals surface area contributed by atoms with E-state index in [2.05, 4.69) is 6.07 Å². The summed E-state index contributed by atoms with van der Waals surface area (Å²) in [5, 5.41) is 26.0. The molecule has 2 atom stereocenters. The van der Waals surface area contributed by atoms with E-state index in [-0.39, 0.29) is 18.4 Å². The van der Waals surface area contributed by atoms with Crippen LogP contribution in [0.4, 0.5) is 0 Å². The molecule has 2 N–H and O–H groups in total. The molecule has 3 aromatic rings. The molecule has 0 heterocycles. The molecule has 6 heteroatoms. The summed E-state index contributed by atoms with van der Waals surface area (Å²) in [6.07, 6.45) is 0.705. The van der Waals surface area contributed by atoms with Crippen molar-refractivity contribution in [3.05, 3.63) is 95.1 Å². The first kappa shape index (κ1) is 21.1.